The van der Waals surface area contributed by atoms with Gasteiger partial charge < -0.3 is 15.2 Å². The number of rotatable bonds is 8. The van der Waals surface area contributed by atoms with Crippen molar-refractivity contribution in [2.45, 2.75) is 19.1 Å². The maximum Gasteiger partial charge on any atom is 0.338 e. The van der Waals surface area contributed by atoms with E-state index in [1.165, 1.54) is 29.5 Å². The number of likely N-dealkylation sites (tertiary alicyclic amines) is 1. The Kier molecular flexibility index (Phi) is 8.27. The number of amidine groups is 1. The van der Waals surface area contributed by atoms with Gasteiger partial charge >= 0.3 is 11.9 Å². The summed E-state index contributed by atoms with van der Waals surface area (Å²) in [5, 5.41) is 14.5. The highest BCUT2D eigenvalue weighted by atomic mass is 79.9. The molecule has 1 fully saturated rings. The van der Waals surface area contributed by atoms with Crippen molar-refractivity contribution in [1.82, 2.24) is 15.2 Å². The number of aromatic nitrogens is 1. The summed E-state index contributed by atoms with van der Waals surface area (Å²) in [6.45, 7) is 2.31. The fraction of sp³-hybridized carbons (Fsp3) is 0.333. The summed E-state index contributed by atoms with van der Waals surface area (Å²) in [6.07, 6.45) is 2.66. The second-order valence-corrected chi connectivity index (χ2v) is 9.94. The first-order chi connectivity index (χ1) is 17.3. The van der Waals surface area contributed by atoms with Crippen molar-refractivity contribution < 1.29 is 28.2 Å². The van der Waals surface area contributed by atoms with Gasteiger partial charge in [-0.2, -0.15) is 0 Å². The van der Waals surface area contributed by atoms with Gasteiger partial charge in [-0.15, -0.1) is 11.3 Å². The Hall–Kier alpha value is -2.96. The largest absolute Gasteiger partial charge is 0.478 e. The highest BCUT2D eigenvalue weighted by Gasteiger charge is 2.37. The molecule has 0 spiro atoms. The van der Waals surface area contributed by atoms with Crippen molar-refractivity contribution in [2.75, 3.05) is 26.2 Å². The van der Waals surface area contributed by atoms with E-state index in [1.807, 2.05) is 0 Å². The minimum atomic E-state index is -1.26. The average molecular weight is 581 g/mol. The fourth-order valence-corrected chi connectivity index (χ4v) is 5.33. The van der Waals surface area contributed by atoms with Crippen LogP contribution < -0.4 is 5.32 Å². The van der Waals surface area contributed by atoms with Gasteiger partial charge in [-0.05, 0) is 24.6 Å². The van der Waals surface area contributed by atoms with Crippen LogP contribution in [-0.4, -0.2) is 65.2 Å². The number of aliphatic imine (C=N–C) groups is 1. The third-order valence-corrected chi connectivity index (χ3v) is 7.21. The van der Waals surface area contributed by atoms with Crippen LogP contribution in [0.5, 0.6) is 0 Å². The molecule has 0 amide bonds. The van der Waals surface area contributed by atoms with E-state index < -0.39 is 35.9 Å². The highest BCUT2D eigenvalue weighted by Crippen LogP contribution is 2.37. The van der Waals surface area contributed by atoms with E-state index in [9.17, 15) is 18.4 Å². The fourth-order valence-electron chi connectivity index (χ4n) is 4.18. The molecule has 12 heteroatoms. The van der Waals surface area contributed by atoms with Crippen LogP contribution in [0.2, 0.25) is 0 Å². The number of hydrogen-bond donors (Lipinski definition) is 2. The molecule has 2 aliphatic rings. The van der Waals surface area contributed by atoms with Crippen molar-refractivity contribution >= 4 is 45.0 Å². The first kappa shape index (κ1) is 26.1. The standard InChI is InChI=1S/C24H23BrF2N4O4S/c1-2-35-24(34)20-18(12-31-10-13(17(27)11-31)3-6-19(32)33)29-22(23-28-7-8-36-23)30-21(20)15-5-4-14(26)9-16(15)25/h3-9,13,17,21H,2,10-12H2,1H3,(H,29,30)(H,32,33)/b6-3+/t13?,17?,21-/m0/s1. The zero-order chi connectivity index (χ0) is 25.8. The Bertz CT molecular complexity index is 1230. The number of thiazole rings is 1. The summed E-state index contributed by atoms with van der Waals surface area (Å²) in [7, 11) is 0. The highest BCUT2D eigenvalue weighted by molar-refractivity contribution is 9.10. The monoisotopic (exact) mass is 580 g/mol. The van der Waals surface area contributed by atoms with Crippen LogP contribution in [0.4, 0.5) is 8.78 Å². The summed E-state index contributed by atoms with van der Waals surface area (Å²) >= 11 is 4.74. The van der Waals surface area contributed by atoms with E-state index in [1.54, 1.807) is 29.5 Å². The van der Waals surface area contributed by atoms with Gasteiger partial charge in [0.25, 0.3) is 0 Å². The maximum absolute atomic E-state index is 14.7. The first-order valence-corrected chi connectivity index (χ1v) is 12.8. The molecule has 1 aromatic heterocycles. The van der Waals surface area contributed by atoms with Crippen molar-refractivity contribution in [3.05, 3.63) is 74.1 Å². The van der Waals surface area contributed by atoms with Gasteiger partial charge in [-0.3, -0.25) is 9.89 Å². The van der Waals surface area contributed by atoms with Gasteiger partial charge in [0.2, 0.25) is 0 Å². The molecule has 2 unspecified atom stereocenters. The van der Waals surface area contributed by atoms with Gasteiger partial charge in [-0.25, -0.2) is 23.4 Å². The molecule has 0 saturated carbocycles. The number of halogens is 3. The molecule has 0 bridgehead atoms. The Morgan fingerprint density at radius 1 is 1.39 bits per heavy atom. The summed E-state index contributed by atoms with van der Waals surface area (Å²) in [5.41, 5.74) is 1.24. The van der Waals surface area contributed by atoms with Crippen LogP contribution in [0, 0.1) is 11.7 Å². The molecule has 3 heterocycles. The van der Waals surface area contributed by atoms with E-state index >= 15 is 0 Å². The first-order valence-electron chi connectivity index (χ1n) is 11.1. The van der Waals surface area contributed by atoms with Crippen molar-refractivity contribution in [2.24, 2.45) is 10.9 Å². The number of carbonyl (C=O) groups is 2. The van der Waals surface area contributed by atoms with Gasteiger partial charge in [0.1, 0.15) is 18.0 Å². The Balaban J connectivity index is 1.75. The van der Waals surface area contributed by atoms with Crippen LogP contribution >= 0.6 is 27.3 Å². The second kappa shape index (κ2) is 11.4. The molecule has 8 nitrogen and oxygen atoms in total. The number of esters is 1. The van der Waals surface area contributed by atoms with E-state index in [4.69, 9.17) is 14.8 Å². The van der Waals surface area contributed by atoms with E-state index in [-0.39, 0.29) is 31.8 Å². The third kappa shape index (κ3) is 5.88. The zero-order valence-electron chi connectivity index (χ0n) is 19.2. The number of carboxylic acids is 1. The third-order valence-electron chi connectivity index (χ3n) is 5.75. The van der Waals surface area contributed by atoms with Gasteiger partial charge in [0.05, 0.1) is 12.2 Å². The Labute approximate surface area is 218 Å². The normalized spacial score (nSPS) is 22.6. The van der Waals surface area contributed by atoms with E-state index in [0.29, 0.717) is 26.6 Å². The van der Waals surface area contributed by atoms with E-state index in [2.05, 4.69) is 26.2 Å². The minimum Gasteiger partial charge on any atom is -0.478 e. The lowest BCUT2D eigenvalue weighted by Crippen LogP contribution is -2.39. The molecule has 2 N–H and O–H groups in total. The van der Waals surface area contributed by atoms with Gasteiger partial charge in [0.15, 0.2) is 10.8 Å². The molecular formula is C24H23BrF2N4O4S. The summed E-state index contributed by atoms with van der Waals surface area (Å²) in [4.78, 5) is 34.9. The number of aliphatic carboxylic acids is 1. The van der Waals surface area contributed by atoms with Gasteiger partial charge in [-0.1, -0.05) is 28.1 Å². The number of alkyl halides is 1. The van der Waals surface area contributed by atoms with Crippen LogP contribution in [0.3, 0.4) is 0 Å². The number of carboxylic acid groups (broad SMARTS) is 1. The molecular weight excluding hydrogens is 558 g/mol. The Morgan fingerprint density at radius 3 is 2.86 bits per heavy atom. The number of ether oxygens (including phenoxy) is 1. The van der Waals surface area contributed by atoms with Crippen LogP contribution in [0.15, 0.2) is 62.7 Å². The molecule has 4 rings (SSSR count). The minimum absolute atomic E-state index is 0.0601. The Morgan fingerprint density at radius 2 is 2.19 bits per heavy atom. The predicted octanol–water partition coefficient (Wildman–Crippen LogP) is 3.86. The molecule has 190 valence electrons. The smallest absolute Gasteiger partial charge is 0.338 e. The molecule has 1 aromatic carbocycles. The van der Waals surface area contributed by atoms with Crippen molar-refractivity contribution in [3.8, 4) is 0 Å². The van der Waals surface area contributed by atoms with Crippen molar-refractivity contribution in [1.29, 1.82) is 0 Å². The van der Waals surface area contributed by atoms with E-state index in [0.717, 1.165) is 6.08 Å². The lowest BCUT2D eigenvalue weighted by atomic mass is 9.95. The topological polar surface area (TPSA) is 104 Å². The average Bonchev–Trinajstić information content (AvgIpc) is 3.47. The summed E-state index contributed by atoms with van der Waals surface area (Å²) in [5.74, 6) is -2.35. The van der Waals surface area contributed by atoms with Gasteiger partial charge in [0, 0.05) is 53.4 Å². The SMILES string of the molecule is CCOC(=O)C1=C(CN2CC(F)C(/C=C/C(=O)O)C2)NC(c2nccs2)=N[C@H]1c1ccc(F)cc1Br. The molecule has 3 atom stereocenters. The number of nitrogens with one attached hydrogen (secondary N) is 1. The molecule has 1 saturated heterocycles. The molecule has 2 aromatic rings. The quantitative estimate of drug-likeness (QED) is 0.361. The lowest BCUT2D eigenvalue weighted by molar-refractivity contribution is -0.139. The molecule has 2 aliphatic heterocycles. The van der Waals surface area contributed by atoms with Crippen molar-refractivity contribution in [3.63, 3.8) is 0 Å². The van der Waals surface area contributed by atoms with Crippen LogP contribution in [0.25, 0.3) is 0 Å². The predicted molar refractivity (Wildman–Crippen MR) is 134 cm³/mol. The number of carbonyl (C=O) groups excluding carboxylic acids is 1. The maximum atomic E-state index is 14.7. The number of hydrogen-bond acceptors (Lipinski definition) is 8. The van der Waals surface area contributed by atoms with Crippen LogP contribution in [-0.2, 0) is 14.3 Å². The molecule has 0 radical (unpaired) electrons. The van der Waals surface area contributed by atoms with Crippen LogP contribution in [0.1, 0.15) is 23.5 Å². The summed E-state index contributed by atoms with van der Waals surface area (Å²) in [6, 6.07) is 3.30. The molecule has 0 aliphatic carbocycles. The zero-order valence-corrected chi connectivity index (χ0v) is 21.6. The molecule has 36 heavy (non-hydrogen) atoms. The second-order valence-electron chi connectivity index (χ2n) is 8.19. The number of benzene rings is 1. The number of nitrogens with zero attached hydrogens (tertiary/aromatic N) is 3. The summed E-state index contributed by atoms with van der Waals surface area (Å²) < 4.78 is 34.3. The lowest BCUT2D eigenvalue weighted by Gasteiger charge is -2.29.